The largest absolute Gasteiger partial charge is 0.459 e. The van der Waals surface area contributed by atoms with E-state index in [1.807, 2.05) is 18.7 Å². The highest BCUT2D eigenvalue weighted by molar-refractivity contribution is 7.20. The molecule has 8 nitrogen and oxygen atoms in total. The van der Waals surface area contributed by atoms with Gasteiger partial charge in [0.15, 0.2) is 0 Å². The molecule has 0 saturated carbocycles. The standard InChI is InChI=1S/C19H29N3O5S/c1-10(2)22(7-13(23)9-26-6)8-14-20-17(24)15-12(5)16(28-18(15)21-14)19(25)27-11(3)4/h10-11,13,23H,7-9H2,1-6H3,(H,20,21,24). The number of fused-ring (bicyclic) bond motifs is 1. The number of nitrogens with zero attached hydrogens (tertiary/aromatic N) is 2. The lowest BCUT2D eigenvalue weighted by Crippen LogP contribution is -2.39. The molecule has 0 aromatic carbocycles. The molecule has 0 aliphatic carbocycles. The number of nitrogens with one attached hydrogen (secondary N) is 1. The van der Waals surface area contributed by atoms with E-state index in [-0.39, 0.29) is 24.3 Å². The number of aliphatic hydroxyl groups excluding tert-OH is 1. The molecule has 9 heteroatoms. The SMILES string of the molecule is COCC(O)CN(Cc1nc2sc(C(=O)OC(C)C)c(C)c2c(=O)[nH]1)C(C)C. The van der Waals surface area contributed by atoms with Gasteiger partial charge in [0.25, 0.3) is 5.56 Å². The average Bonchev–Trinajstić information content (AvgIpc) is 2.91. The van der Waals surface area contributed by atoms with E-state index < -0.39 is 12.1 Å². The lowest BCUT2D eigenvalue weighted by atomic mass is 10.2. The van der Waals surface area contributed by atoms with Crippen LogP contribution in [-0.4, -0.2) is 64.5 Å². The molecular weight excluding hydrogens is 382 g/mol. The van der Waals surface area contributed by atoms with Gasteiger partial charge in [0.2, 0.25) is 0 Å². The fraction of sp³-hybridized carbons (Fsp3) is 0.632. The number of esters is 1. The van der Waals surface area contributed by atoms with E-state index in [9.17, 15) is 14.7 Å². The molecule has 0 aliphatic heterocycles. The van der Waals surface area contributed by atoms with Gasteiger partial charge in [0.1, 0.15) is 15.5 Å². The monoisotopic (exact) mass is 411 g/mol. The van der Waals surface area contributed by atoms with Crippen molar-refractivity contribution in [3.05, 3.63) is 26.6 Å². The maximum atomic E-state index is 12.6. The molecule has 1 unspecified atom stereocenters. The van der Waals surface area contributed by atoms with E-state index in [0.717, 1.165) is 0 Å². The Hall–Kier alpha value is -1.81. The molecular formula is C19H29N3O5S. The van der Waals surface area contributed by atoms with Crippen LogP contribution < -0.4 is 5.56 Å². The summed E-state index contributed by atoms with van der Waals surface area (Å²) in [7, 11) is 1.54. The Morgan fingerprint density at radius 3 is 2.57 bits per heavy atom. The van der Waals surface area contributed by atoms with Crippen LogP contribution in [-0.2, 0) is 16.0 Å². The van der Waals surface area contributed by atoms with E-state index in [1.165, 1.54) is 18.4 Å². The molecule has 2 aromatic rings. The number of hydrogen-bond donors (Lipinski definition) is 2. The Bertz CT molecular complexity index is 874. The summed E-state index contributed by atoms with van der Waals surface area (Å²) in [6.07, 6.45) is -0.874. The van der Waals surface area contributed by atoms with E-state index in [2.05, 4.69) is 9.97 Å². The van der Waals surface area contributed by atoms with Gasteiger partial charge in [0.05, 0.1) is 30.7 Å². The van der Waals surface area contributed by atoms with E-state index >= 15 is 0 Å². The zero-order valence-electron chi connectivity index (χ0n) is 17.2. The Labute approximate surface area is 168 Å². The lowest BCUT2D eigenvalue weighted by Gasteiger charge is -2.27. The fourth-order valence-corrected chi connectivity index (χ4v) is 3.98. The highest BCUT2D eigenvalue weighted by Gasteiger charge is 2.22. The van der Waals surface area contributed by atoms with Gasteiger partial charge in [-0.25, -0.2) is 9.78 Å². The van der Waals surface area contributed by atoms with Crippen molar-refractivity contribution in [1.82, 2.24) is 14.9 Å². The number of methoxy groups -OCH3 is 1. The van der Waals surface area contributed by atoms with Crippen LogP contribution in [0.2, 0.25) is 0 Å². The maximum Gasteiger partial charge on any atom is 0.348 e. The van der Waals surface area contributed by atoms with Gasteiger partial charge in [-0.3, -0.25) is 9.69 Å². The molecule has 2 aromatic heterocycles. The second-order valence-corrected chi connectivity index (χ2v) is 8.33. The Kier molecular flexibility index (Phi) is 7.70. The molecule has 2 rings (SSSR count). The zero-order valence-corrected chi connectivity index (χ0v) is 18.1. The molecule has 1 atom stereocenters. The van der Waals surface area contributed by atoms with Crippen molar-refractivity contribution >= 4 is 27.5 Å². The molecule has 0 fully saturated rings. The molecule has 0 saturated heterocycles. The molecule has 28 heavy (non-hydrogen) atoms. The minimum atomic E-state index is -0.635. The number of H-pyrrole nitrogens is 1. The number of rotatable bonds is 9. The number of ether oxygens (including phenoxy) is 2. The predicted octanol–water partition coefficient (Wildman–Crippen LogP) is 2.08. The van der Waals surface area contributed by atoms with Crippen molar-refractivity contribution in [1.29, 1.82) is 0 Å². The van der Waals surface area contributed by atoms with Crippen LogP contribution in [0.1, 0.15) is 48.8 Å². The molecule has 0 radical (unpaired) electrons. The predicted molar refractivity (Wildman–Crippen MR) is 109 cm³/mol. The van der Waals surface area contributed by atoms with Crippen LogP contribution in [0.5, 0.6) is 0 Å². The third-order valence-electron chi connectivity index (χ3n) is 4.27. The first-order valence-corrected chi connectivity index (χ1v) is 10.1. The van der Waals surface area contributed by atoms with Gasteiger partial charge in [0, 0.05) is 19.7 Å². The van der Waals surface area contributed by atoms with Gasteiger partial charge < -0.3 is 19.6 Å². The van der Waals surface area contributed by atoms with Crippen molar-refractivity contribution in [3.63, 3.8) is 0 Å². The summed E-state index contributed by atoms with van der Waals surface area (Å²) in [5.74, 6) is 0.0452. The molecule has 0 spiro atoms. The Morgan fingerprint density at radius 2 is 2.00 bits per heavy atom. The number of thiophene rings is 1. The molecule has 0 bridgehead atoms. The number of aromatic nitrogens is 2. The molecule has 0 amide bonds. The van der Waals surface area contributed by atoms with Crippen molar-refractivity contribution in [2.24, 2.45) is 0 Å². The van der Waals surface area contributed by atoms with E-state index in [4.69, 9.17) is 9.47 Å². The lowest BCUT2D eigenvalue weighted by molar-refractivity contribution is 0.0272. The summed E-state index contributed by atoms with van der Waals surface area (Å²) in [5, 5.41) is 10.5. The normalized spacial score (nSPS) is 13.1. The maximum absolute atomic E-state index is 12.6. The van der Waals surface area contributed by atoms with Crippen LogP contribution in [0.15, 0.2) is 4.79 Å². The van der Waals surface area contributed by atoms with Gasteiger partial charge >= 0.3 is 5.97 Å². The van der Waals surface area contributed by atoms with E-state index in [1.54, 1.807) is 20.8 Å². The highest BCUT2D eigenvalue weighted by atomic mass is 32.1. The van der Waals surface area contributed by atoms with Gasteiger partial charge in [-0.2, -0.15) is 0 Å². The summed E-state index contributed by atoms with van der Waals surface area (Å²) in [4.78, 5) is 35.2. The number of aliphatic hydroxyl groups is 1. The quantitative estimate of drug-likeness (QED) is 0.609. The van der Waals surface area contributed by atoms with Crippen molar-refractivity contribution < 1.29 is 19.4 Å². The van der Waals surface area contributed by atoms with Gasteiger partial charge in [-0.05, 0) is 40.2 Å². The number of aromatic amines is 1. The third kappa shape index (κ3) is 5.38. The summed E-state index contributed by atoms with van der Waals surface area (Å²) < 4.78 is 10.2. The van der Waals surface area contributed by atoms with Crippen molar-refractivity contribution in [2.75, 3.05) is 20.3 Å². The molecule has 2 heterocycles. The summed E-state index contributed by atoms with van der Waals surface area (Å²) in [6, 6.07) is 0.133. The van der Waals surface area contributed by atoms with Crippen LogP contribution in [0.25, 0.3) is 10.2 Å². The average molecular weight is 412 g/mol. The van der Waals surface area contributed by atoms with Crippen LogP contribution >= 0.6 is 11.3 Å². The molecule has 2 N–H and O–H groups in total. The van der Waals surface area contributed by atoms with Crippen molar-refractivity contribution in [2.45, 2.75) is 59.4 Å². The first-order chi connectivity index (χ1) is 13.1. The highest BCUT2D eigenvalue weighted by Crippen LogP contribution is 2.28. The van der Waals surface area contributed by atoms with Gasteiger partial charge in [-0.1, -0.05) is 0 Å². The Morgan fingerprint density at radius 1 is 1.32 bits per heavy atom. The topological polar surface area (TPSA) is 105 Å². The van der Waals surface area contributed by atoms with E-state index in [0.29, 0.717) is 39.6 Å². The minimum Gasteiger partial charge on any atom is -0.459 e. The fourth-order valence-electron chi connectivity index (χ4n) is 2.89. The first-order valence-electron chi connectivity index (χ1n) is 9.28. The minimum absolute atomic E-state index is 0.133. The van der Waals surface area contributed by atoms with Gasteiger partial charge in [-0.15, -0.1) is 11.3 Å². The second kappa shape index (κ2) is 9.60. The van der Waals surface area contributed by atoms with Crippen LogP contribution in [0.4, 0.5) is 0 Å². The number of hydrogen-bond acceptors (Lipinski definition) is 8. The van der Waals surface area contributed by atoms with Crippen LogP contribution in [0.3, 0.4) is 0 Å². The summed E-state index contributed by atoms with van der Waals surface area (Å²) in [6.45, 7) is 10.3. The molecule has 0 aliphatic rings. The summed E-state index contributed by atoms with van der Waals surface area (Å²) in [5.41, 5.74) is 0.306. The molecule has 156 valence electrons. The number of carbonyl (C=O) groups is 1. The number of carbonyl (C=O) groups excluding carboxylic acids is 1. The first kappa shape index (κ1) is 22.5. The summed E-state index contributed by atoms with van der Waals surface area (Å²) >= 11 is 1.17. The third-order valence-corrected chi connectivity index (χ3v) is 5.43. The Balaban J connectivity index is 2.34. The smallest absolute Gasteiger partial charge is 0.348 e. The number of aryl methyl sites for hydroxylation is 1. The zero-order chi connectivity index (χ0) is 21.0. The van der Waals surface area contributed by atoms with Crippen LogP contribution in [0, 0.1) is 6.92 Å². The second-order valence-electron chi connectivity index (χ2n) is 7.34. The van der Waals surface area contributed by atoms with Crippen molar-refractivity contribution in [3.8, 4) is 0 Å².